The first-order chi connectivity index (χ1) is 13.4. The smallest absolute Gasteiger partial charge is 0.361 e. The van der Waals surface area contributed by atoms with Crippen molar-refractivity contribution in [2.45, 2.75) is 58.2 Å². The minimum Gasteiger partial charge on any atom is -0.462 e. The molecule has 3 atom stereocenters. The van der Waals surface area contributed by atoms with Crippen LogP contribution in [0.4, 0.5) is 0 Å². The molecule has 1 aromatic rings. The Balaban J connectivity index is 0.00000300. The second kappa shape index (κ2) is 9.72. The van der Waals surface area contributed by atoms with Gasteiger partial charge >= 0.3 is 11.9 Å². The predicted molar refractivity (Wildman–Crippen MR) is 111 cm³/mol. The summed E-state index contributed by atoms with van der Waals surface area (Å²) in [6.45, 7) is 3.72. The van der Waals surface area contributed by atoms with Crippen LogP contribution in [0, 0.1) is 5.92 Å². The Morgan fingerprint density at radius 1 is 1.17 bits per heavy atom. The molecule has 1 aliphatic carbocycles. The topological polar surface area (TPSA) is 72.8 Å². The lowest BCUT2D eigenvalue weighted by Gasteiger charge is -2.33. The Morgan fingerprint density at radius 3 is 2.45 bits per heavy atom. The highest BCUT2D eigenvalue weighted by molar-refractivity contribution is 5.81. The summed E-state index contributed by atoms with van der Waals surface area (Å²) in [4.78, 5) is 25.0. The summed E-state index contributed by atoms with van der Waals surface area (Å²) in [5.41, 5.74) is -1.00. The second-order valence-corrected chi connectivity index (χ2v) is 8.42. The Morgan fingerprint density at radius 2 is 1.83 bits per heavy atom. The third kappa shape index (κ3) is 5.17. The van der Waals surface area contributed by atoms with E-state index in [1.165, 1.54) is 0 Å². The highest BCUT2D eigenvalue weighted by Crippen LogP contribution is 2.42. The second-order valence-electron chi connectivity index (χ2n) is 8.42. The van der Waals surface area contributed by atoms with Crippen molar-refractivity contribution in [3.63, 3.8) is 0 Å². The summed E-state index contributed by atoms with van der Waals surface area (Å²) >= 11 is 0. The average molecular weight is 407 g/mol. The van der Waals surface area contributed by atoms with Crippen molar-refractivity contribution in [2.24, 2.45) is 5.92 Å². The number of esters is 2. The van der Waals surface area contributed by atoms with Gasteiger partial charge in [0.2, 0.25) is 0 Å². The third-order valence-corrected chi connectivity index (χ3v) is 6.20. The van der Waals surface area contributed by atoms with Crippen LogP contribution in [0.3, 0.4) is 0 Å². The summed E-state index contributed by atoms with van der Waals surface area (Å²) < 4.78 is 11.4. The quantitative estimate of drug-likeness (QED) is 0.557. The van der Waals surface area contributed by atoms with Gasteiger partial charge in [0, 0.05) is 12.3 Å². The summed E-state index contributed by atoms with van der Waals surface area (Å²) in [5, 5.41) is 11.5. The van der Waals surface area contributed by atoms with Gasteiger partial charge < -0.3 is 19.1 Å². The Hall–Kier alpha value is -1.92. The first-order valence-corrected chi connectivity index (χ1v) is 10.4. The standard InChI is InChI=1S/C22H32NO5.CH4/c1-3-27-20(24)16-23(2)14-13-19(15-23)28-21(25)22(26,18-11-7-8-12-18)17-9-5-4-6-10-17;/h4-6,9-10,18-19,26H,3,7-8,11-16H2,1-2H3;1H4/q+1;/t19-,22+,23+;/m1./s1. The number of likely N-dealkylation sites (tertiary alicyclic amines) is 1. The molecule has 1 N–H and O–H groups in total. The summed E-state index contributed by atoms with van der Waals surface area (Å²) in [6, 6.07) is 9.15. The van der Waals surface area contributed by atoms with E-state index < -0.39 is 11.6 Å². The molecule has 1 saturated heterocycles. The fraction of sp³-hybridized carbons (Fsp3) is 0.652. The first kappa shape index (κ1) is 23.4. The van der Waals surface area contributed by atoms with E-state index in [9.17, 15) is 14.7 Å². The van der Waals surface area contributed by atoms with E-state index >= 15 is 0 Å². The molecule has 162 valence electrons. The zero-order valence-electron chi connectivity index (χ0n) is 16.9. The van der Waals surface area contributed by atoms with Gasteiger partial charge in [-0.15, -0.1) is 0 Å². The van der Waals surface area contributed by atoms with Crippen molar-refractivity contribution < 1.29 is 28.7 Å². The maximum absolute atomic E-state index is 13.2. The molecule has 0 amide bonds. The molecule has 0 aromatic heterocycles. The van der Waals surface area contributed by atoms with Crippen molar-refractivity contribution >= 4 is 11.9 Å². The lowest BCUT2D eigenvalue weighted by molar-refractivity contribution is -0.891. The third-order valence-electron chi connectivity index (χ3n) is 6.20. The highest BCUT2D eigenvalue weighted by Gasteiger charge is 2.50. The van der Waals surface area contributed by atoms with Crippen LogP contribution in [0.1, 0.15) is 52.0 Å². The fourth-order valence-electron chi connectivity index (χ4n) is 4.69. The molecule has 2 aliphatic rings. The maximum Gasteiger partial charge on any atom is 0.361 e. The molecule has 1 heterocycles. The van der Waals surface area contributed by atoms with E-state index in [4.69, 9.17) is 9.47 Å². The number of likely N-dealkylation sites (N-methyl/N-ethyl adjacent to an activating group) is 1. The van der Waals surface area contributed by atoms with Crippen LogP contribution in [0.5, 0.6) is 0 Å². The largest absolute Gasteiger partial charge is 0.462 e. The van der Waals surface area contributed by atoms with Gasteiger partial charge in [0.1, 0.15) is 6.54 Å². The summed E-state index contributed by atoms with van der Waals surface area (Å²) in [6.07, 6.45) is 4.06. The first-order valence-electron chi connectivity index (χ1n) is 10.4. The van der Waals surface area contributed by atoms with Crippen LogP contribution in [0.15, 0.2) is 30.3 Å². The Labute approximate surface area is 174 Å². The number of rotatable bonds is 7. The molecule has 1 aromatic carbocycles. The van der Waals surface area contributed by atoms with Crippen LogP contribution in [-0.2, 0) is 24.7 Å². The summed E-state index contributed by atoms with van der Waals surface area (Å²) in [7, 11) is 1.98. The number of hydrogen-bond acceptors (Lipinski definition) is 5. The van der Waals surface area contributed by atoms with Crippen LogP contribution in [-0.4, -0.2) is 60.9 Å². The van der Waals surface area contributed by atoms with Gasteiger partial charge in [-0.25, -0.2) is 9.59 Å². The maximum atomic E-state index is 13.2. The minimum atomic E-state index is -1.61. The zero-order chi connectivity index (χ0) is 20.2. The van der Waals surface area contributed by atoms with Crippen molar-refractivity contribution in [3.8, 4) is 0 Å². The molecular weight excluding hydrogens is 370 g/mol. The normalized spacial score (nSPS) is 26.4. The van der Waals surface area contributed by atoms with Gasteiger partial charge in [0.05, 0.1) is 20.2 Å². The molecule has 3 rings (SSSR count). The number of benzene rings is 1. The van der Waals surface area contributed by atoms with E-state index in [-0.39, 0.29) is 32.0 Å². The zero-order valence-corrected chi connectivity index (χ0v) is 16.9. The molecule has 6 heteroatoms. The fourth-order valence-corrected chi connectivity index (χ4v) is 4.69. The van der Waals surface area contributed by atoms with E-state index in [1.807, 2.05) is 25.2 Å². The predicted octanol–water partition coefficient (Wildman–Crippen LogP) is 3.03. The molecule has 0 bridgehead atoms. The van der Waals surface area contributed by atoms with E-state index in [0.717, 1.165) is 32.2 Å². The van der Waals surface area contributed by atoms with E-state index in [2.05, 4.69) is 0 Å². The molecular formula is C23H36NO5+. The van der Waals surface area contributed by atoms with Crippen molar-refractivity contribution in [1.82, 2.24) is 0 Å². The van der Waals surface area contributed by atoms with Gasteiger partial charge in [-0.3, -0.25) is 0 Å². The van der Waals surface area contributed by atoms with Gasteiger partial charge in [-0.1, -0.05) is 50.6 Å². The number of nitrogens with zero attached hydrogens (tertiary/aromatic N) is 1. The average Bonchev–Trinajstić information content (AvgIpc) is 3.32. The summed E-state index contributed by atoms with van der Waals surface area (Å²) in [5.74, 6) is -0.909. The molecule has 1 aliphatic heterocycles. The van der Waals surface area contributed by atoms with Gasteiger partial charge in [-0.2, -0.15) is 0 Å². The number of aliphatic hydroxyl groups is 1. The van der Waals surface area contributed by atoms with Crippen molar-refractivity contribution in [3.05, 3.63) is 35.9 Å². The van der Waals surface area contributed by atoms with E-state index in [0.29, 0.717) is 29.6 Å². The lowest BCUT2D eigenvalue weighted by atomic mass is 9.80. The van der Waals surface area contributed by atoms with Gasteiger partial charge in [-0.05, 0) is 25.3 Å². The highest BCUT2D eigenvalue weighted by atomic mass is 16.6. The Bertz CT molecular complexity index is 688. The van der Waals surface area contributed by atoms with Gasteiger partial charge in [0.15, 0.2) is 18.2 Å². The number of quaternary nitrogens is 1. The number of hydrogen-bond donors (Lipinski definition) is 1. The van der Waals surface area contributed by atoms with E-state index in [1.54, 1.807) is 19.1 Å². The minimum absolute atomic E-state index is 0. The SMILES string of the molecule is C.CCOC(=O)C[N@@+]1(C)CC[C@@H](OC(=O)[C@](O)(c2ccccc2)C2CCCC2)C1. The lowest BCUT2D eigenvalue weighted by Crippen LogP contribution is -2.48. The number of carbonyl (C=O) groups is 2. The van der Waals surface area contributed by atoms with Crippen LogP contribution in [0.2, 0.25) is 0 Å². The molecule has 0 spiro atoms. The molecule has 2 fully saturated rings. The van der Waals surface area contributed by atoms with Crippen molar-refractivity contribution in [2.75, 3.05) is 33.3 Å². The monoisotopic (exact) mass is 406 g/mol. The molecule has 0 unspecified atom stereocenters. The van der Waals surface area contributed by atoms with Gasteiger partial charge in [0.25, 0.3) is 0 Å². The van der Waals surface area contributed by atoms with Crippen LogP contribution >= 0.6 is 0 Å². The molecule has 6 nitrogen and oxygen atoms in total. The Kier molecular flexibility index (Phi) is 7.83. The molecule has 1 saturated carbocycles. The van der Waals surface area contributed by atoms with Crippen LogP contribution in [0.25, 0.3) is 0 Å². The number of carbonyl (C=O) groups excluding carboxylic acids is 2. The van der Waals surface area contributed by atoms with Crippen molar-refractivity contribution in [1.29, 1.82) is 0 Å². The number of ether oxygens (including phenoxy) is 2. The molecule has 29 heavy (non-hydrogen) atoms. The molecule has 0 radical (unpaired) electrons. The van der Waals surface area contributed by atoms with Crippen LogP contribution < -0.4 is 0 Å².